The molecule has 0 unspecified atom stereocenters. The van der Waals surface area contributed by atoms with Gasteiger partial charge in [0.25, 0.3) is 5.91 Å². The first-order valence-corrected chi connectivity index (χ1v) is 8.74. The van der Waals surface area contributed by atoms with Crippen LogP contribution in [0.2, 0.25) is 0 Å². The van der Waals surface area contributed by atoms with Crippen molar-refractivity contribution in [2.75, 3.05) is 11.9 Å². The Bertz CT molecular complexity index is 1130. The largest absolute Gasteiger partial charge is 0.483 e. The number of aldehydes is 1. The van der Waals surface area contributed by atoms with E-state index in [9.17, 15) is 9.59 Å². The highest BCUT2D eigenvalue weighted by Gasteiger charge is 2.08. The maximum Gasteiger partial charge on any atom is 0.262 e. The summed E-state index contributed by atoms with van der Waals surface area (Å²) in [5.74, 6) is 0.0801. The molecule has 4 rings (SSSR count). The highest BCUT2D eigenvalue weighted by atomic mass is 16.5. The minimum absolute atomic E-state index is 0.182. The summed E-state index contributed by atoms with van der Waals surface area (Å²) in [5.41, 5.74) is 3.95. The molecular formula is C22H17N3O3. The second-order valence-electron chi connectivity index (χ2n) is 6.14. The van der Waals surface area contributed by atoms with E-state index in [0.717, 1.165) is 16.7 Å². The van der Waals surface area contributed by atoms with Gasteiger partial charge < -0.3 is 10.1 Å². The van der Waals surface area contributed by atoms with Gasteiger partial charge in [-0.3, -0.25) is 14.2 Å². The number of nitrogens with zero attached hydrogens (tertiary/aromatic N) is 2. The van der Waals surface area contributed by atoms with Crippen molar-refractivity contribution in [1.82, 2.24) is 9.55 Å². The number of anilines is 1. The van der Waals surface area contributed by atoms with Crippen LogP contribution in [0.5, 0.6) is 5.75 Å². The lowest BCUT2D eigenvalue weighted by Crippen LogP contribution is -2.20. The molecule has 3 aromatic carbocycles. The van der Waals surface area contributed by atoms with Crippen molar-refractivity contribution in [3.05, 3.63) is 84.7 Å². The third-order valence-corrected chi connectivity index (χ3v) is 4.29. The molecule has 0 saturated heterocycles. The van der Waals surface area contributed by atoms with Gasteiger partial charge in [0.1, 0.15) is 12.1 Å². The van der Waals surface area contributed by atoms with Crippen molar-refractivity contribution < 1.29 is 14.3 Å². The number of rotatable bonds is 6. The zero-order chi connectivity index (χ0) is 19.3. The molecule has 0 saturated carbocycles. The molecule has 0 fully saturated rings. The van der Waals surface area contributed by atoms with Crippen molar-refractivity contribution in [2.45, 2.75) is 0 Å². The summed E-state index contributed by atoms with van der Waals surface area (Å²) >= 11 is 0. The molecular weight excluding hydrogens is 354 g/mol. The molecule has 0 aliphatic carbocycles. The van der Waals surface area contributed by atoms with Crippen LogP contribution in [0.3, 0.4) is 0 Å². The van der Waals surface area contributed by atoms with Crippen molar-refractivity contribution in [1.29, 1.82) is 0 Å². The fourth-order valence-electron chi connectivity index (χ4n) is 2.92. The highest BCUT2D eigenvalue weighted by Crippen LogP contribution is 2.20. The maximum atomic E-state index is 12.1. The van der Waals surface area contributed by atoms with Gasteiger partial charge in [0.05, 0.1) is 16.6 Å². The quantitative estimate of drug-likeness (QED) is 0.523. The van der Waals surface area contributed by atoms with Crippen LogP contribution in [0.1, 0.15) is 10.4 Å². The molecule has 0 radical (unpaired) electrons. The van der Waals surface area contributed by atoms with E-state index in [1.807, 2.05) is 53.1 Å². The van der Waals surface area contributed by atoms with Gasteiger partial charge in [0, 0.05) is 11.4 Å². The Hall–Kier alpha value is -3.93. The number of fused-ring (bicyclic) bond motifs is 1. The Kier molecular flexibility index (Phi) is 4.84. The lowest BCUT2D eigenvalue weighted by molar-refractivity contribution is -0.118. The average Bonchev–Trinajstić information content (AvgIpc) is 3.17. The zero-order valence-electron chi connectivity index (χ0n) is 14.9. The highest BCUT2D eigenvalue weighted by molar-refractivity contribution is 5.92. The first-order chi connectivity index (χ1) is 13.7. The molecule has 6 heteroatoms. The van der Waals surface area contributed by atoms with Crippen LogP contribution < -0.4 is 10.1 Å². The predicted molar refractivity (Wildman–Crippen MR) is 107 cm³/mol. The molecule has 28 heavy (non-hydrogen) atoms. The standard InChI is InChI=1S/C22H17N3O3/c26-13-16-5-1-4-8-21(16)28-14-22(27)24-17-9-11-18(12-10-17)25-15-23-19-6-2-3-7-20(19)25/h1-13,15H,14H2,(H,24,27). The number of aromatic nitrogens is 2. The van der Waals surface area contributed by atoms with Crippen molar-refractivity contribution >= 4 is 28.9 Å². The van der Waals surface area contributed by atoms with Crippen LogP contribution in [-0.4, -0.2) is 28.4 Å². The number of amides is 1. The maximum absolute atomic E-state index is 12.1. The van der Waals surface area contributed by atoms with E-state index in [1.54, 1.807) is 30.6 Å². The summed E-state index contributed by atoms with van der Waals surface area (Å²) in [6.07, 6.45) is 2.47. The second-order valence-corrected chi connectivity index (χ2v) is 6.14. The third-order valence-electron chi connectivity index (χ3n) is 4.29. The monoisotopic (exact) mass is 371 g/mol. The molecule has 0 aliphatic heterocycles. The summed E-state index contributed by atoms with van der Waals surface area (Å²) in [5, 5.41) is 2.78. The molecule has 6 nitrogen and oxygen atoms in total. The van der Waals surface area contributed by atoms with Crippen LogP contribution in [0, 0.1) is 0 Å². The Morgan fingerprint density at radius 1 is 1.00 bits per heavy atom. The summed E-state index contributed by atoms with van der Waals surface area (Å²) in [7, 11) is 0. The summed E-state index contributed by atoms with van der Waals surface area (Å²) in [4.78, 5) is 27.5. The normalized spacial score (nSPS) is 10.6. The van der Waals surface area contributed by atoms with Crippen molar-refractivity contribution in [3.63, 3.8) is 0 Å². The minimum Gasteiger partial charge on any atom is -0.483 e. The lowest BCUT2D eigenvalue weighted by Gasteiger charge is -2.10. The number of nitrogens with one attached hydrogen (secondary N) is 1. The second kappa shape index (κ2) is 7.75. The van der Waals surface area contributed by atoms with E-state index >= 15 is 0 Å². The lowest BCUT2D eigenvalue weighted by atomic mass is 10.2. The summed E-state index contributed by atoms with van der Waals surface area (Å²) in [6.45, 7) is -0.182. The van der Waals surface area contributed by atoms with Crippen LogP contribution in [0.25, 0.3) is 16.7 Å². The molecule has 4 aromatic rings. The van der Waals surface area contributed by atoms with Gasteiger partial charge >= 0.3 is 0 Å². The Morgan fingerprint density at radius 3 is 2.57 bits per heavy atom. The molecule has 0 spiro atoms. The van der Waals surface area contributed by atoms with E-state index in [2.05, 4.69) is 10.3 Å². The number of hydrogen-bond donors (Lipinski definition) is 1. The Balaban J connectivity index is 1.41. The fraction of sp³-hybridized carbons (Fsp3) is 0.0455. The van der Waals surface area contributed by atoms with Gasteiger partial charge in [0.2, 0.25) is 0 Å². The van der Waals surface area contributed by atoms with E-state index in [4.69, 9.17) is 4.74 Å². The zero-order valence-corrected chi connectivity index (χ0v) is 14.9. The van der Waals surface area contributed by atoms with E-state index in [1.165, 1.54) is 0 Å². The minimum atomic E-state index is -0.304. The first-order valence-electron chi connectivity index (χ1n) is 8.74. The molecule has 1 N–H and O–H groups in total. The Labute approximate surface area is 161 Å². The summed E-state index contributed by atoms with van der Waals surface area (Å²) < 4.78 is 7.42. The summed E-state index contributed by atoms with van der Waals surface area (Å²) in [6, 6.07) is 22.1. The van der Waals surface area contributed by atoms with Gasteiger partial charge in [-0.25, -0.2) is 4.98 Å². The van der Waals surface area contributed by atoms with Gasteiger partial charge in [-0.05, 0) is 48.5 Å². The number of carbonyl (C=O) groups excluding carboxylic acids is 2. The molecule has 138 valence electrons. The fourth-order valence-corrected chi connectivity index (χ4v) is 2.92. The van der Waals surface area contributed by atoms with Crippen molar-refractivity contribution in [3.8, 4) is 11.4 Å². The first kappa shape index (κ1) is 17.5. The molecule has 0 bridgehead atoms. The van der Waals surface area contributed by atoms with Gasteiger partial charge in [-0.2, -0.15) is 0 Å². The number of hydrogen-bond acceptors (Lipinski definition) is 4. The predicted octanol–water partition coefficient (Wildman–Crippen LogP) is 3.86. The Morgan fingerprint density at radius 2 is 1.75 bits per heavy atom. The van der Waals surface area contributed by atoms with Crippen LogP contribution in [0.4, 0.5) is 5.69 Å². The number of imidazole rings is 1. The molecule has 1 aromatic heterocycles. The number of para-hydroxylation sites is 3. The van der Waals surface area contributed by atoms with E-state index < -0.39 is 0 Å². The van der Waals surface area contributed by atoms with E-state index in [-0.39, 0.29) is 12.5 Å². The van der Waals surface area contributed by atoms with Crippen molar-refractivity contribution in [2.24, 2.45) is 0 Å². The SMILES string of the molecule is O=Cc1ccccc1OCC(=O)Nc1ccc(-n2cnc3ccccc32)cc1. The molecule has 1 heterocycles. The van der Waals surface area contributed by atoms with Crippen LogP contribution in [-0.2, 0) is 4.79 Å². The topological polar surface area (TPSA) is 73.2 Å². The van der Waals surface area contributed by atoms with Crippen LogP contribution in [0.15, 0.2) is 79.1 Å². The number of ether oxygens (including phenoxy) is 1. The van der Waals surface area contributed by atoms with Gasteiger partial charge in [-0.1, -0.05) is 24.3 Å². The number of benzene rings is 3. The number of carbonyl (C=O) groups is 2. The van der Waals surface area contributed by atoms with Gasteiger partial charge in [-0.15, -0.1) is 0 Å². The third kappa shape index (κ3) is 3.61. The van der Waals surface area contributed by atoms with E-state index in [0.29, 0.717) is 23.3 Å². The average molecular weight is 371 g/mol. The van der Waals surface area contributed by atoms with Crippen LogP contribution >= 0.6 is 0 Å². The van der Waals surface area contributed by atoms with Gasteiger partial charge in [0.15, 0.2) is 12.9 Å². The molecule has 1 amide bonds. The smallest absolute Gasteiger partial charge is 0.262 e. The molecule has 0 aliphatic rings. The molecule has 0 atom stereocenters.